The van der Waals surface area contributed by atoms with E-state index in [9.17, 15) is 4.79 Å². The van der Waals surface area contributed by atoms with E-state index in [1.807, 2.05) is 0 Å². The van der Waals surface area contributed by atoms with Crippen molar-refractivity contribution in [3.05, 3.63) is 0 Å². The number of hydrogen-bond donors (Lipinski definition) is 3. The first-order valence-electron chi connectivity index (χ1n) is 2.42. The lowest BCUT2D eigenvalue weighted by atomic mass is 10.2. The fraction of sp³-hybridized carbons (Fsp3) is 0.750. The Morgan fingerprint density at radius 2 is 2.50 bits per heavy atom. The van der Waals surface area contributed by atoms with Crippen LogP contribution >= 0.6 is 0 Å². The molecule has 0 aliphatic heterocycles. The second-order valence-electron chi connectivity index (χ2n) is 1.49. The number of amides is 1. The second kappa shape index (κ2) is 3.40. The van der Waals surface area contributed by atoms with Gasteiger partial charge in [0.2, 0.25) is 0 Å². The first-order valence-corrected chi connectivity index (χ1v) is 2.42. The number of rotatable bonds is 2. The van der Waals surface area contributed by atoms with Crippen molar-refractivity contribution < 1.29 is 10.0 Å². The van der Waals surface area contributed by atoms with Crippen LogP contribution in [0.4, 0.5) is 0 Å². The number of nitrogens with one attached hydrogen (secondary N) is 1. The third kappa shape index (κ3) is 1.90. The Bertz CT molecular complexity index is 84.1. The molecule has 1 atom stereocenters. The summed E-state index contributed by atoms with van der Waals surface area (Å²) in [5.41, 5.74) is 6.61. The molecule has 0 heterocycles. The van der Waals surface area contributed by atoms with E-state index in [-0.39, 0.29) is 0 Å². The highest BCUT2D eigenvalue weighted by Crippen LogP contribution is 1.82. The maximum absolute atomic E-state index is 10.3. The van der Waals surface area contributed by atoms with Crippen LogP contribution in [0.1, 0.15) is 13.3 Å². The predicted molar refractivity (Wildman–Crippen MR) is 28.2 cm³/mol. The van der Waals surface area contributed by atoms with E-state index in [2.05, 4.69) is 0 Å². The molecule has 0 saturated heterocycles. The number of carbonyl (C=O) groups excluding carboxylic acids is 1. The molecule has 4 heteroatoms. The van der Waals surface area contributed by atoms with Crippen LogP contribution in [0.25, 0.3) is 0 Å². The first kappa shape index (κ1) is 7.39. The monoisotopic (exact) mass is 118 g/mol. The van der Waals surface area contributed by atoms with Gasteiger partial charge in [-0.05, 0) is 6.42 Å². The smallest absolute Gasteiger partial charge is 0.260 e. The maximum Gasteiger partial charge on any atom is 0.260 e. The van der Waals surface area contributed by atoms with Gasteiger partial charge >= 0.3 is 0 Å². The molecular weight excluding hydrogens is 108 g/mol. The lowest BCUT2D eigenvalue weighted by molar-refractivity contribution is -0.130. The molecule has 1 unspecified atom stereocenters. The molecule has 0 aromatic rings. The van der Waals surface area contributed by atoms with Crippen molar-refractivity contribution in [2.75, 3.05) is 0 Å². The van der Waals surface area contributed by atoms with Gasteiger partial charge in [-0.25, -0.2) is 5.48 Å². The summed E-state index contributed by atoms with van der Waals surface area (Å²) in [6.07, 6.45) is 0.534. The number of carbonyl (C=O) groups is 1. The van der Waals surface area contributed by atoms with Gasteiger partial charge in [-0.15, -0.1) is 0 Å². The van der Waals surface area contributed by atoms with Crippen LogP contribution < -0.4 is 11.2 Å². The van der Waals surface area contributed by atoms with Gasteiger partial charge in [-0.1, -0.05) is 6.92 Å². The van der Waals surface area contributed by atoms with E-state index in [0.29, 0.717) is 6.42 Å². The number of hydrogen-bond acceptors (Lipinski definition) is 3. The van der Waals surface area contributed by atoms with Crippen LogP contribution in [0.2, 0.25) is 0 Å². The van der Waals surface area contributed by atoms with Gasteiger partial charge < -0.3 is 5.73 Å². The Labute approximate surface area is 47.6 Å². The minimum absolute atomic E-state index is 0.534. The number of hydroxylamine groups is 1. The average molecular weight is 118 g/mol. The molecule has 8 heavy (non-hydrogen) atoms. The van der Waals surface area contributed by atoms with Crippen LogP contribution in [0.15, 0.2) is 0 Å². The largest absolute Gasteiger partial charge is 0.320 e. The normalized spacial score (nSPS) is 12.9. The third-order valence-electron chi connectivity index (χ3n) is 0.887. The van der Waals surface area contributed by atoms with Crippen LogP contribution in [-0.2, 0) is 4.79 Å². The molecule has 0 spiro atoms. The van der Waals surface area contributed by atoms with E-state index in [1.165, 1.54) is 5.48 Å². The Kier molecular flexibility index (Phi) is 3.14. The van der Waals surface area contributed by atoms with E-state index < -0.39 is 11.9 Å². The molecule has 0 bridgehead atoms. The summed E-state index contributed by atoms with van der Waals surface area (Å²) in [4.78, 5) is 10.3. The van der Waals surface area contributed by atoms with Crippen molar-refractivity contribution >= 4 is 5.91 Å². The van der Waals surface area contributed by atoms with Gasteiger partial charge in [-0.3, -0.25) is 10.0 Å². The predicted octanol–water partition coefficient (Wildman–Crippen LogP) is -0.771. The molecule has 0 fully saturated rings. The lowest BCUT2D eigenvalue weighted by Gasteiger charge is -2.02. The van der Waals surface area contributed by atoms with E-state index in [4.69, 9.17) is 10.9 Å². The van der Waals surface area contributed by atoms with Gasteiger partial charge in [0.1, 0.15) is 0 Å². The molecule has 0 rings (SSSR count). The molecule has 0 saturated carbocycles. The van der Waals surface area contributed by atoms with Crippen molar-refractivity contribution in [2.24, 2.45) is 5.73 Å². The Hall–Kier alpha value is -0.610. The van der Waals surface area contributed by atoms with E-state index in [0.717, 1.165) is 0 Å². The Balaban J connectivity index is 3.46. The summed E-state index contributed by atoms with van der Waals surface area (Å²) in [5.74, 6) is -0.535. The van der Waals surface area contributed by atoms with Crippen molar-refractivity contribution in [1.82, 2.24) is 5.48 Å². The zero-order chi connectivity index (χ0) is 6.57. The molecule has 48 valence electrons. The highest BCUT2D eigenvalue weighted by Gasteiger charge is 2.07. The maximum atomic E-state index is 10.3. The SMILES string of the molecule is CCC(N)C(=O)NO. The average Bonchev–Trinajstić information content (AvgIpc) is 1.84. The van der Waals surface area contributed by atoms with Crippen LogP contribution in [0.3, 0.4) is 0 Å². The van der Waals surface area contributed by atoms with Gasteiger partial charge in [0.15, 0.2) is 0 Å². The summed E-state index contributed by atoms with van der Waals surface area (Å²) < 4.78 is 0. The quantitative estimate of drug-likeness (QED) is 0.329. The highest BCUT2D eigenvalue weighted by atomic mass is 16.5. The highest BCUT2D eigenvalue weighted by molar-refractivity contribution is 5.80. The van der Waals surface area contributed by atoms with E-state index >= 15 is 0 Å². The molecule has 0 aromatic heterocycles. The van der Waals surface area contributed by atoms with Gasteiger partial charge in [-0.2, -0.15) is 0 Å². The zero-order valence-corrected chi connectivity index (χ0v) is 4.72. The first-order chi connectivity index (χ1) is 3.72. The lowest BCUT2D eigenvalue weighted by Crippen LogP contribution is -2.38. The molecule has 0 radical (unpaired) electrons. The summed E-state index contributed by atoms with van der Waals surface area (Å²) in [6.45, 7) is 1.76. The number of nitrogens with two attached hydrogens (primary N) is 1. The van der Waals surface area contributed by atoms with Gasteiger partial charge in [0.05, 0.1) is 6.04 Å². The topological polar surface area (TPSA) is 75.4 Å². The van der Waals surface area contributed by atoms with Crippen LogP contribution in [0.5, 0.6) is 0 Å². The third-order valence-corrected chi connectivity index (χ3v) is 0.887. The van der Waals surface area contributed by atoms with Gasteiger partial charge in [0, 0.05) is 0 Å². The van der Waals surface area contributed by atoms with Crippen molar-refractivity contribution in [3.8, 4) is 0 Å². The summed E-state index contributed by atoms with van der Waals surface area (Å²) in [7, 11) is 0. The molecule has 0 aliphatic carbocycles. The van der Waals surface area contributed by atoms with E-state index in [1.54, 1.807) is 6.92 Å². The molecular formula is C4H10N2O2. The summed E-state index contributed by atoms with van der Waals surface area (Å²) >= 11 is 0. The minimum atomic E-state index is -0.583. The van der Waals surface area contributed by atoms with Crippen molar-refractivity contribution in [3.63, 3.8) is 0 Å². The molecule has 1 amide bonds. The van der Waals surface area contributed by atoms with Gasteiger partial charge in [0.25, 0.3) is 5.91 Å². The molecule has 4 nitrogen and oxygen atoms in total. The minimum Gasteiger partial charge on any atom is -0.320 e. The Morgan fingerprint density at radius 1 is 2.00 bits per heavy atom. The van der Waals surface area contributed by atoms with Crippen molar-refractivity contribution in [2.45, 2.75) is 19.4 Å². The summed E-state index contributed by atoms with van der Waals surface area (Å²) in [6, 6.07) is -0.583. The molecule has 4 N–H and O–H groups in total. The molecule has 0 aliphatic rings. The van der Waals surface area contributed by atoms with Crippen LogP contribution in [0, 0.1) is 0 Å². The summed E-state index contributed by atoms with van der Waals surface area (Å²) in [5, 5.41) is 7.96. The Morgan fingerprint density at radius 3 is 2.62 bits per heavy atom. The second-order valence-corrected chi connectivity index (χ2v) is 1.49. The fourth-order valence-corrected chi connectivity index (χ4v) is 0.268. The fourth-order valence-electron chi connectivity index (χ4n) is 0.268. The zero-order valence-electron chi connectivity index (χ0n) is 4.72. The van der Waals surface area contributed by atoms with Crippen LogP contribution in [-0.4, -0.2) is 17.2 Å². The standard InChI is InChI=1S/C4H10N2O2/c1-2-3(5)4(7)6-8/h3,8H,2,5H2,1H3,(H,6,7). The molecule has 0 aromatic carbocycles. The van der Waals surface area contributed by atoms with Crippen molar-refractivity contribution in [1.29, 1.82) is 0 Å².